The van der Waals surface area contributed by atoms with E-state index >= 15 is 0 Å². The monoisotopic (exact) mass is 445 g/mol. The molecular formula is C25H19NO7. The molecule has 33 heavy (non-hydrogen) atoms. The molecule has 0 saturated carbocycles. The Bertz CT molecular complexity index is 1250. The fourth-order valence-electron chi connectivity index (χ4n) is 3.35. The first-order valence-electron chi connectivity index (χ1n) is 10.2. The third kappa shape index (κ3) is 4.74. The lowest BCUT2D eigenvalue weighted by molar-refractivity contribution is -0.384. The van der Waals surface area contributed by atoms with Gasteiger partial charge in [0.15, 0.2) is 5.76 Å². The molecule has 1 aliphatic rings. The summed E-state index contributed by atoms with van der Waals surface area (Å²) in [5, 5.41) is 11.0. The topological polar surface area (TPSA) is 105 Å². The highest BCUT2D eigenvalue weighted by atomic mass is 16.6. The molecule has 1 unspecified atom stereocenters. The summed E-state index contributed by atoms with van der Waals surface area (Å²) in [5.74, 6) is -0.266. The van der Waals surface area contributed by atoms with E-state index in [2.05, 4.69) is 0 Å². The molecule has 0 spiro atoms. The lowest BCUT2D eigenvalue weighted by Crippen LogP contribution is -2.21. The number of allylic oxidation sites excluding steroid dienone is 1. The minimum absolute atomic E-state index is 0.0349. The minimum Gasteiger partial charge on any atom is -0.474 e. The smallest absolute Gasteiger partial charge is 0.352 e. The van der Waals surface area contributed by atoms with Gasteiger partial charge < -0.3 is 14.2 Å². The number of Topliss-reactive ketones (excluding diaryl/α,β-unsaturated/α-hetero) is 1. The van der Waals surface area contributed by atoms with Crippen LogP contribution < -0.4 is 9.47 Å². The van der Waals surface area contributed by atoms with Crippen LogP contribution in [0.25, 0.3) is 6.08 Å². The van der Waals surface area contributed by atoms with Gasteiger partial charge in [0.1, 0.15) is 11.5 Å². The Balaban J connectivity index is 1.59. The van der Waals surface area contributed by atoms with E-state index in [1.807, 2.05) is 6.07 Å². The average molecular weight is 445 g/mol. The molecule has 1 atom stereocenters. The fourth-order valence-corrected chi connectivity index (χ4v) is 3.35. The van der Waals surface area contributed by atoms with Crippen molar-refractivity contribution < 1.29 is 28.7 Å². The number of rotatable bonds is 7. The van der Waals surface area contributed by atoms with Crippen LogP contribution in [-0.2, 0) is 9.53 Å². The number of esters is 1. The van der Waals surface area contributed by atoms with Crippen molar-refractivity contribution in [3.63, 3.8) is 0 Å². The van der Waals surface area contributed by atoms with Crippen LogP contribution >= 0.6 is 0 Å². The number of fused-ring (bicyclic) bond motifs is 1. The highest BCUT2D eigenvalue weighted by Gasteiger charge is 2.29. The van der Waals surface area contributed by atoms with Crippen molar-refractivity contribution in [1.82, 2.24) is 0 Å². The Labute approximate surface area is 189 Å². The van der Waals surface area contributed by atoms with Crippen LogP contribution in [0.3, 0.4) is 0 Å². The van der Waals surface area contributed by atoms with Crippen LogP contribution in [0, 0.1) is 10.1 Å². The summed E-state index contributed by atoms with van der Waals surface area (Å²) in [6.45, 7) is 1.92. The number of carbonyl (C=O) groups excluding carboxylic acids is 2. The zero-order valence-electron chi connectivity index (χ0n) is 17.6. The maximum absolute atomic E-state index is 12.7. The molecule has 8 nitrogen and oxygen atoms in total. The van der Waals surface area contributed by atoms with Crippen LogP contribution in [0.2, 0.25) is 0 Å². The van der Waals surface area contributed by atoms with Gasteiger partial charge in [-0.2, -0.15) is 0 Å². The predicted molar refractivity (Wildman–Crippen MR) is 119 cm³/mol. The zero-order valence-corrected chi connectivity index (χ0v) is 17.6. The summed E-state index contributed by atoms with van der Waals surface area (Å²) in [6.07, 6.45) is 0.461. The van der Waals surface area contributed by atoms with Crippen molar-refractivity contribution in [2.75, 3.05) is 6.61 Å². The van der Waals surface area contributed by atoms with Crippen molar-refractivity contribution in [2.45, 2.75) is 13.0 Å². The van der Waals surface area contributed by atoms with Gasteiger partial charge in [-0.3, -0.25) is 14.9 Å². The molecule has 0 aliphatic carbocycles. The number of nitro groups is 1. The van der Waals surface area contributed by atoms with E-state index in [0.717, 1.165) is 0 Å². The molecule has 0 saturated heterocycles. The molecule has 1 aliphatic heterocycles. The van der Waals surface area contributed by atoms with Gasteiger partial charge in [0.2, 0.25) is 11.9 Å². The van der Waals surface area contributed by atoms with Crippen molar-refractivity contribution >= 4 is 23.5 Å². The highest BCUT2D eigenvalue weighted by Crippen LogP contribution is 2.36. The van der Waals surface area contributed by atoms with E-state index < -0.39 is 17.0 Å². The minimum atomic E-state index is -0.985. The normalized spacial score (nSPS) is 14.3. The number of nitro benzene ring substituents is 1. The summed E-state index contributed by atoms with van der Waals surface area (Å²) >= 11 is 0. The summed E-state index contributed by atoms with van der Waals surface area (Å²) in [4.78, 5) is 35.7. The Morgan fingerprint density at radius 3 is 2.61 bits per heavy atom. The van der Waals surface area contributed by atoms with Crippen molar-refractivity contribution in [1.29, 1.82) is 0 Å². The summed E-state index contributed by atoms with van der Waals surface area (Å²) < 4.78 is 16.8. The molecule has 3 aromatic carbocycles. The Morgan fingerprint density at radius 2 is 1.88 bits per heavy atom. The standard InChI is InChI=1S/C25H19NO7/c1-2-31-25(28)24(17-8-4-3-5-9-17)32-19-11-12-20-21(15-19)33-22(23(20)27)14-16-7-6-10-18(13-16)26(29)30/h3-15,24H,2H2,1H3/b22-14-. The Hall–Kier alpha value is -4.46. The summed E-state index contributed by atoms with van der Waals surface area (Å²) in [5.41, 5.74) is 1.32. The maximum atomic E-state index is 12.7. The second-order valence-electron chi connectivity index (χ2n) is 7.11. The van der Waals surface area contributed by atoms with Gasteiger partial charge in [-0.05, 0) is 30.7 Å². The van der Waals surface area contributed by atoms with E-state index in [1.54, 1.807) is 49.4 Å². The second kappa shape index (κ2) is 9.35. The van der Waals surface area contributed by atoms with E-state index in [9.17, 15) is 19.7 Å². The molecular weight excluding hydrogens is 426 g/mol. The number of ketones is 1. The molecule has 0 fully saturated rings. The number of ether oxygens (including phenoxy) is 3. The number of carbonyl (C=O) groups is 2. The molecule has 0 aromatic heterocycles. The summed E-state index contributed by atoms with van der Waals surface area (Å²) in [6, 6.07) is 19.5. The Morgan fingerprint density at radius 1 is 1.09 bits per heavy atom. The number of non-ortho nitro benzene ring substituents is 1. The fraction of sp³-hybridized carbons (Fsp3) is 0.120. The van der Waals surface area contributed by atoms with Crippen LogP contribution in [0.15, 0.2) is 78.6 Å². The van der Waals surface area contributed by atoms with Gasteiger partial charge in [-0.25, -0.2) is 4.79 Å². The molecule has 3 aromatic rings. The zero-order chi connectivity index (χ0) is 23.4. The summed E-state index contributed by atoms with van der Waals surface area (Å²) in [7, 11) is 0. The van der Waals surface area contributed by atoms with Crippen LogP contribution in [0.5, 0.6) is 11.5 Å². The van der Waals surface area contributed by atoms with Gasteiger partial charge in [0.05, 0.1) is 17.1 Å². The maximum Gasteiger partial charge on any atom is 0.352 e. The number of nitrogens with zero attached hydrogens (tertiary/aromatic N) is 1. The number of benzene rings is 3. The van der Waals surface area contributed by atoms with Crippen LogP contribution in [0.4, 0.5) is 5.69 Å². The molecule has 1 heterocycles. The first kappa shape index (κ1) is 21.8. The lowest BCUT2D eigenvalue weighted by Gasteiger charge is -2.18. The number of hydrogen-bond donors (Lipinski definition) is 0. The lowest BCUT2D eigenvalue weighted by atomic mass is 10.1. The van der Waals surface area contributed by atoms with Gasteiger partial charge in [-0.15, -0.1) is 0 Å². The predicted octanol–water partition coefficient (Wildman–Crippen LogP) is 4.89. The largest absolute Gasteiger partial charge is 0.474 e. The molecule has 166 valence electrons. The average Bonchev–Trinajstić information content (AvgIpc) is 3.12. The van der Waals surface area contributed by atoms with Crippen LogP contribution in [-0.4, -0.2) is 23.3 Å². The molecule has 0 amide bonds. The van der Waals surface area contributed by atoms with E-state index in [-0.39, 0.29) is 29.6 Å². The first-order chi connectivity index (χ1) is 16.0. The van der Waals surface area contributed by atoms with Gasteiger partial charge in [0, 0.05) is 23.8 Å². The van der Waals surface area contributed by atoms with E-state index in [0.29, 0.717) is 22.4 Å². The number of hydrogen-bond acceptors (Lipinski definition) is 7. The molecule has 0 radical (unpaired) electrons. The molecule has 0 bridgehead atoms. The van der Waals surface area contributed by atoms with E-state index in [4.69, 9.17) is 14.2 Å². The van der Waals surface area contributed by atoms with Crippen molar-refractivity contribution in [3.8, 4) is 11.5 Å². The quantitative estimate of drug-likeness (QED) is 0.221. The first-order valence-corrected chi connectivity index (χ1v) is 10.2. The van der Waals surface area contributed by atoms with Gasteiger partial charge >= 0.3 is 5.97 Å². The van der Waals surface area contributed by atoms with Crippen molar-refractivity contribution in [3.05, 3.63) is 105 Å². The van der Waals surface area contributed by atoms with Crippen molar-refractivity contribution in [2.24, 2.45) is 0 Å². The van der Waals surface area contributed by atoms with Gasteiger partial charge in [-0.1, -0.05) is 42.5 Å². The third-order valence-electron chi connectivity index (χ3n) is 4.88. The Kier molecular flexibility index (Phi) is 6.17. The SMILES string of the molecule is CCOC(=O)C(Oc1ccc2c(c1)O/C(=C\c1cccc([N+](=O)[O-])c1)C2=O)c1ccccc1. The highest BCUT2D eigenvalue weighted by molar-refractivity contribution is 6.14. The second-order valence-corrected chi connectivity index (χ2v) is 7.11. The molecule has 0 N–H and O–H groups in total. The third-order valence-corrected chi connectivity index (χ3v) is 4.88. The van der Waals surface area contributed by atoms with E-state index in [1.165, 1.54) is 30.3 Å². The molecule has 8 heteroatoms. The van der Waals surface area contributed by atoms with Crippen LogP contribution in [0.1, 0.15) is 34.5 Å². The van der Waals surface area contributed by atoms with Gasteiger partial charge in [0.25, 0.3) is 5.69 Å². The molecule has 4 rings (SSSR count).